The number of benzene rings is 1. The van der Waals surface area contributed by atoms with Gasteiger partial charge >= 0.3 is 0 Å². The van der Waals surface area contributed by atoms with Gasteiger partial charge in [-0.2, -0.15) is 0 Å². The first-order chi connectivity index (χ1) is 10.7. The summed E-state index contributed by atoms with van der Waals surface area (Å²) in [5.41, 5.74) is 2.07. The lowest BCUT2D eigenvalue weighted by molar-refractivity contribution is 0.102. The largest absolute Gasteiger partial charge is 0.497 e. The van der Waals surface area contributed by atoms with Gasteiger partial charge in [-0.05, 0) is 38.1 Å². The molecule has 2 rings (SSSR count). The minimum Gasteiger partial charge on any atom is -0.497 e. The van der Waals surface area contributed by atoms with Crippen molar-refractivity contribution < 1.29 is 9.53 Å². The lowest BCUT2D eigenvalue weighted by Gasteiger charge is -2.21. The number of hydrogen-bond acceptors (Lipinski definition) is 4. The van der Waals surface area contributed by atoms with Crippen LogP contribution in [0.15, 0.2) is 42.6 Å². The van der Waals surface area contributed by atoms with Gasteiger partial charge in [0.25, 0.3) is 5.91 Å². The van der Waals surface area contributed by atoms with E-state index in [1.807, 2.05) is 30.3 Å². The first-order valence-electron chi connectivity index (χ1n) is 7.34. The molecule has 0 atom stereocenters. The van der Waals surface area contributed by atoms with Crippen LogP contribution in [-0.2, 0) is 0 Å². The second kappa shape index (κ2) is 7.45. The zero-order valence-electron chi connectivity index (χ0n) is 13.2. The second-order valence-corrected chi connectivity index (χ2v) is 4.76. The van der Waals surface area contributed by atoms with E-state index < -0.39 is 0 Å². The number of nitrogens with zero attached hydrogens (tertiary/aromatic N) is 2. The van der Waals surface area contributed by atoms with Crippen LogP contribution in [0, 0.1) is 0 Å². The monoisotopic (exact) mass is 299 g/mol. The van der Waals surface area contributed by atoms with Gasteiger partial charge in [-0.1, -0.05) is 6.07 Å². The first kappa shape index (κ1) is 15.8. The minimum atomic E-state index is -0.234. The molecule has 0 aliphatic heterocycles. The van der Waals surface area contributed by atoms with Crippen molar-refractivity contribution in [1.82, 2.24) is 4.98 Å². The van der Waals surface area contributed by atoms with Crippen molar-refractivity contribution >= 4 is 17.3 Å². The molecule has 5 nitrogen and oxygen atoms in total. The van der Waals surface area contributed by atoms with Crippen LogP contribution in [0.2, 0.25) is 0 Å². The maximum absolute atomic E-state index is 12.3. The molecule has 0 unspecified atom stereocenters. The number of hydrogen-bond donors (Lipinski definition) is 1. The topological polar surface area (TPSA) is 54.5 Å². The number of nitrogens with one attached hydrogen (secondary N) is 1. The van der Waals surface area contributed by atoms with Crippen LogP contribution >= 0.6 is 0 Å². The number of rotatable bonds is 6. The summed E-state index contributed by atoms with van der Waals surface area (Å²) in [7, 11) is 1.59. The average molecular weight is 299 g/mol. The summed E-state index contributed by atoms with van der Waals surface area (Å²) in [6, 6.07) is 11.0. The Hall–Kier alpha value is -2.56. The van der Waals surface area contributed by atoms with Gasteiger partial charge in [-0.25, -0.2) is 0 Å². The van der Waals surface area contributed by atoms with Gasteiger partial charge in [0.1, 0.15) is 11.4 Å². The summed E-state index contributed by atoms with van der Waals surface area (Å²) < 4.78 is 5.15. The van der Waals surface area contributed by atoms with Crippen molar-refractivity contribution in [3.8, 4) is 5.75 Å². The van der Waals surface area contributed by atoms with Crippen LogP contribution in [0.1, 0.15) is 24.3 Å². The van der Waals surface area contributed by atoms with Gasteiger partial charge in [0, 0.05) is 36.7 Å². The molecule has 1 heterocycles. The summed E-state index contributed by atoms with van der Waals surface area (Å²) in [5, 5.41) is 2.84. The Labute approximate surface area is 130 Å². The Bertz CT molecular complexity index is 639. The summed E-state index contributed by atoms with van der Waals surface area (Å²) in [6.07, 6.45) is 1.66. The Kier molecular flexibility index (Phi) is 5.36. The van der Waals surface area contributed by atoms with Gasteiger partial charge in [0.15, 0.2) is 0 Å². The van der Waals surface area contributed by atoms with Crippen molar-refractivity contribution in [2.75, 3.05) is 30.4 Å². The highest BCUT2D eigenvalue weighted by Gasteiger charge is 2.11. The molecule has 0 saturated heterocycles. The van der Waals surface area contributed by atoms with Gasteiger partial charge in [0.2, 0.25) is 0 Å². The van der Waals surface area contributed by atoms with E-state index in [1.165, 1.54) is 0 Å². The van der Waals surface area contributed by atoms with Crippen molar-refractivity contribution in [3.63, 3.8) is 0 Å². The third-order valence-electron chi connectivity index (χ3n) is 3.43. The van der Waals surface area contributed by atoms with E-state index in [1.54, 1.807) is 19.4 Å². The predicted molar refractivity (Wildman–Crippen MR) is 88.7 cm³/mol. The zero-order chi connectivity index (χ0) is 15.9. The highest BCUT2D eigenvalue weighted by Crippen LogP contribution is 2.18. The van der Waals surface area contributed by atoms with Crippen LogP contribution in [0.25, 0.3) is 0 Å². The highest BCUT2D eigenvalue weighted by atomic mass is 16.5. The number of pyridine rings is 1. The molecule has 0 spiro atoms. The molecule has 1 N–H and O–H groups in total. The van der Waals surface area contributed by atoms with E-state index in [0.717, 1.165) is 18.8 Å². The van der Waals surface area contributed by atoms with E-state index in [2.05, 4.69) is 29.0 Å². The van der Waals surface area contributed by atoms with Gasteiger partial charge in [-0.3, -0.25) is 9.78 Å². The Morgan fingerprint density at radius 1 is 1.23 bits per heavy atom. The van der Waals surface area contributed by atoms with E-state index in [0.29, 0.717) is 17.1 Å². The Morgan fingerprint density at radius 3 is 2.68 bits per heavy atom. The predicted octanol–water partition coefficient (Wildman–Crippen LogP) is 3.19. The molecule has 116 valence electrons. The summed E-state index contributed by atoms with van der Waals surface area (Å²) >= 11 is 0. The number of ether oxygens (including phenoxy) is 1. The number of methoxy groups -OCH3 is 1. The third kappa shape index (κ3) is 3.75. The number of carbonyl (C=O) groups is 1. The van der Waals surface area contributed by atoms with Crippen molar-refractivity contribution in [3.05, 3.63) is 48.3 Å². The number of carbonyl (C=O) groups excluding carboxylic acids is 1. The quantitative estimate of drug-likeness (QED) is 0.890. The lowest BCUT2D eigenvalue weighted by Crippen LogP contribution is -2.23. The number of amides is 1. The van der Waals surface area contributed by atoms with E-state index in [-0.39, 0.29) is 5.91 Å². The maximum Gasteiger partial charge on any atom is 0.274 e. The van der Waals surface area contributed by atoms with E-state index in [4.69, 9.17) is 4.74 Å². The van der Waals surface area contributed by atoms with Crippen LogP contribution in [-0.4, -0.2) is 31.1 Å². The molecule has 5 heteroatoms. The Morgan fingerprint density at radius 2 is 2.00 bits per heavy atom. The molecule has 0 aliphatic rings. The van der Waals surface area contributed by atoms with Crippen LogP contribution in [0.3, 0.4) is 0 Å². The number of aromatic nitrogens is 1. The molecular formula is C17H21N3O2. The number of anilines is 2. The lowest BCUT2D eigenvalue weighted by atomic mass is 10.2. The van der Waals surface area contributed by atoms with Crippen molar-refractivity contribution in [1.29, 1.82) is 0 Å². The summed E-state index contributed by atoms with van der Waals surface area (Å²) in [6.45, 7) is 5.94. The smallest absolute Gasteiger partial charge is 0.274 e. The fourth-order valence-corrected chi connectivity index (χ4v) is 2.22. The fourth-order valence-electron chi connectivity index (χ4n) is 2.22. The molecule has 0 aliphatic carbocycles. The molecule has 0 bridgehead atoms. The maximum atomic E-state index is 12.3. The Balaban J connectivity index is 2.17. The molecule has 1 aromatic carbocycles. The molecule has 2 aromatic rings. The minimum absolute atomic E-state index is 0.234. The average Bonchev–Trinajstić information content (AvgIpc) is 2.56. The van der Waals surface area contributed by atoms with Gasteiger partial charge < -0.3 is 15.0 Å². The highest BCUT2D eigenvalue weighted by molar-refractivity contribution is 6.03. The third-order valence-corrected chi connectivity index (χ3v) is 3.43. The van der Waals surface area contributed by atoms with Gasteiger partial charge in [-0.15, -0.1) is 0 Å². The molecule has 0 radical (unpaired) electrons. The SMILES string of the molecule is CCN(CC)c1ccnc(C(=O)Nc2cccc(OC)c2)c1. The first-order valence-corrected chi connectivity index (χ1v) is 7.34. The van der Waals surface area contributed by atoms with Crippen molar-refractivity contribution in [2.24, 2.45) is 0 Å². The van der Waals surface area contributed by atoms with Crippen LogP contribution in [0.4, 0.5) is 11.4 Å². The zero-order valence-corrected chi connectivity index (χ0v) is 13.2. The molecule has 22 heavy (non-hydrogen) atoms. The molecule has 0 fully saturated rings. The molecular weight excluding hydrogens is 278 g/mol. The van der Waals surface area contributed by atoms with Crippen LogP contribution < -0.4 is 15.0 Å². The van der Waals surface area contributed by atoms with Gasteiger partial charge in [0.05, 0.1) is 7.11 Å². The molecule has 0 saturated carbocycles. The standard InChI is InChI=1S/C17H21N3O2/c1-4-20(5-2)14-9-10-18-16(12-14)17(21)19-13-7-6-8-15(11-13)22-3/h6-12H,4-5H2,1-3H3,(H,19,21). The normalized spacial score (nSPS) is 10.1. The van der Waals surface area contributed by atoms with E-state index in [9.17, 15) is 4.79 Å². The summed E-state index contributed by atoms with van der Waals surface area (Å²) in [5.74, 6) is 0.463. The molecule has 1 amide bonds. The van der Waals surface area contributed by atoms with Crippen LogP contribution in [0.5, 0.6) is 5.75 Å². The second-order valence-electron chi connectivity index (χ2n) is 4.76. The fraction of sp³-hybridized carbons (Fsp3) is 0.294. The molecule has 1 aromatic heterocycles. The van der Waals surface area contributed by atoms with E-state index >= 15 is 0 Å². The summed E-state index contributed by atoms with van der Waals surface area (Å²) in [4.78, 5) is 18.7. The van der Waals surface area contributed by atoms with Crippen molar-refractivity contribution in [2.45, 2.75) is 13.8 Å².